The number of nitrogens with two attached hydrogens (primary N) is 1. The lowest BCUT2D eigenvalue weighted by Crippen LogP contribution is -2.55. The Balaban J connectivity index is 2.00. The van der Waals surface area contributed by atoms with Crippen molar-refractivity contribution >= 4 is 5.91 Å². The second-order valence-corrected chi connectivity index (χ2v) is 4.34. The van der Waals surface area contributed by atoms with Crippen molar-refractivity contribution in [3.05, 3.63) is 12.2 Å². The van der Waals surface area contributed by atoms with Crippen LogP contribution in [0.15, 0.2) is 12.2 Å². The molecule has 2 rings (SSSR count). The lowest BCUT2D eigenvalue weighted by atomic mass is 9.81. The predicted molar refractivity (Wildman–Crippen MR) is 55.6 cm³/mol. The van der Waals surface area contributed by atoms with Gasteiger partial charge >= 0.3 is 0 Å². The Labute approximate surface area is 84.7 Å². The predicted octanol–water partition coefficient (Wildman–Crippen LogP) is 0.949. The lowest BCUT2D eigenvalue weighted by Gasteiger charge is -2.36. The molecule has 0 aromatic heterocycles. The fourth-order valence-electron chi connectivity index (χ4n) is 2.45. The molecule has 3 nitrogen and oxygen atoms in total. The van der Waals surface area contributed by atoms with Gasteiger partial charge < -0.3 is 11.1 Å². The zero-order valence-corrected chi connectivity index (χ0v) is 8.41. The Morgan fingerprint density at radius 3 is 2.93 bits per heavy atom. The van der Waals surface area contributed by atoms with Crippen molar-refractivity contribution in [2.45, 2.75) is 44.2 Å². The summed E-state index contributed by atoms with van der Waals surface area (Å²) in [7, 11) is 0. The van der Waals surface area contributed by atoms with E-state index in [9.17, 15) is 4.79 Å². The third-order valence-corrected chi connectivity index (χ3v) is 3.31. The van der Waals surface area contributed by atoms with Crippen LogP contribution >= 0.6 is 0 Å². The van der Waals surface area contributed by atoms with Crippen LogP contribution in [0.5, 0.6) is 0 Å². The molecule has 0 spiro atoms. The van der Waals surface area contributed by atoms with Crippen LogP contribution in [-0.4, -0.2) is 18.0 Å². The van der Waals surface area contributed by atoms with E-state index in [1.807, 2.05) is 0 Å². The highest BCUT2D eigenvalue weighted by atomic mass is 16.1. The molecule has 3 atom stereocenters. The fraction of sp³-hybridized carbons (Fsp3) is 0.727. The number of hydrogen-bond acceptors (Lipinski definition) is 2. The number of hydrogen-bond donors (Lipinski definition) is 2. The van der Waals surface area contributed by atoms with E-state index in [-0.39, 0.29) is 18.0 Å². The SMILES string of the molecule is N[C@@H]1CCC(=O)N[C@H]1[C@@H]1CC=CCC1. The number of piperidine rings is 1. The average Bonchev–Trinajstić information content (AvgIpc) is 2.23. The molecule has 0 bridgehead atoms. The normalized spacial score (nSPS) is 38.1. The number of carbonyl (C=O) groups excluding carboxylic acids is 1. The van der Waals surface area contributed by atoms with Gasteiger partial charge in [-0.1, -0.05) is 12.2 Å². The molecule has 1 aliphatic heterocycles. The molecule has 0 saturated carbocycles. The third-order valence-electron chi connectivity index (χ3n) is 3.31. The van der Waals surface area contributed by atoms with E-state index in [2.05, 4.69) is 17.5 Å². The molecule has 1 fully saturated rings. The first-order valence-corrected chi connectivity index (χ1v) is 5.47. The first kappa shape index (κ1) is 9.71. The zero-order chi connectivity index (χ0) is 9.97. The second-order valence-electron chi connectivity index (χ2n) is 4.34. The van der Waals surface area contributed by atoms with Crippen LogP contribution in [0.1, 0.15) is 32.1 Å². The zero-order valence-electron chi connectivity index (χ0n) is 8.41. The van der Waals surface area contributed by atoms with E-state index in [1.54, 1.807) is 0 Å². The van der Waals surface area contributed by atoms with Gasteiger partial charge in [0.15, 0.2) is 0 Å². The van der Waals surface area contributed by atoms with Crippen molar-refractivity contribution in [3.63, 3.8) is 0 Å². The summed E-state index contributed by atoms with van der Waals surface area (Å²) in [4.78, 5) is 11.3. The van der Waals surface area contributed by atoms with Gasteiger partial charge in [0.05, 0.1) is 0 Å². The molecular formula is C11H18N2O. The summed E-state index contributed by atoms with van der Waals surface area (Å²) in [6.07, 6.45) is 9.23. The summed E-state index contributed by atoms with van der Waals surface area (Å²) in [5.41, 5.74) is 6.03. The van der Waals surface area contributed by atoms with Crippen molar-refractivity contribution in [1.29, 1.82) is 0 Å². The smallest absolute Gasteiger partial charge is 0.220 e. The number of nitrogens with one attached hydrogen (secondary N) is 1. The van der Waals surface area contributed by atoms with E-state index >= 15 is 0 Å². The van der Waals surface area contributed by atoms with Crippen molar-refractivity contribution in [3.8, 4) is 0 Å². The fourth-order valence-corrected chi connectivity index (χ4v) is 2.45. The van der Waals surface area contributed by atoms with Gasteiger partial charge in [-0.3, -0.25) is 4.79 Å². The van der Waals surface area contributed by atoms with Crippen LogP contribution in [0.4, 0.5) is 0 Å². The summed E-state index contributed by atoms with van der Waals surface area (Å²) in [5, 5.41) is 3.04. The quantitative estimate of drug-likeness (QED) is 0.611. The molecule has 3 N–H and O–H groups in total. The Hall–Kier alpha value is -0.830. The van der Waals surface area contributed by atoms with Crippen molar-refractivity contribution in [1.82, 2.24) is 5.32 Å². The maximum absolute atomic E-state index is 11.3. The molecule has 1 saturated heterocycles. The van der Waals surface area contributed by atoms with Gasteiger partial charge in [0.2, 0.25) is 5.91 Å². The van der Waals surface area contributed by atoms with Crippen LogP contribution in [0.3, 0.4) is 0 Å². The van der Waals surface area contributed by atoms with Crippen molar-refractivity contribution in [2.75, 3.05) is 0 Å². The lowest BCUT2D eigenvalue weighted by molar-refractivity contribution is -0.124. The largest absolute Gasteiger partial charge is 0.352 e. The average molecular weight is 194 g/mol. The summed E-state index contributed by atoms with van der Waals surface area (Å²) >= 11 is 0. The van der Waals surface area contributed by atoms with Crippen molar-refractivity contribution in [2.24, 2.45) is 11.7 Å². The molecule has 78 valence electrons. The minimum Gasteiger partial charge on any atom is -0.352 e. The van der Waals surface area contributed by atoms with Gasteiger partial charge in [0.25, 0.3) is 0 Å². The third kappa shape index (κ3) is 1.98. The topological polar surface area (TPSA) is 55.1 Å². The van der Waals surface area contributed by atoms with E-state index in [0.29, 0.717) is 12.3 Å². The van der Waals surface area contributed by atoms with E-state index in [1.165, 1.54) is 0 Å². The van der Waals surface area contributed by atoms with Crippen LogP contribution in [0, 0.1) is 5.92 Å². The molecule has 0 radical (unpaired) electrons. The van der Waals surface area contributed by atoms with E-state index in [4.69, 9.17) is 5.73 Å². The maximum Gasteiger partial charge on any atom is 0.220 e. The van der Waals surface area contributed by atoms with Crippen LogP contribution in [-0.2, 0) is 4.79 Å². The Morgan fingerprint density at radius 2 is 2.21 bits per heavy atom. The van der Waals surface area contributed by atoms with Crippen LogP contribution < -0.4 is 11.1 Å². The molecule has 0 unspecified atom stereocenters. The molecule has 0 aromatic rings. The number of rotatable bonds is 1. The van der Waals surface area contributed by atoms with E-state index < -0.39 is 0 Å². The number of allylic oxidation sites excluding steroid dienone is 2. The Kier molecular flexibility index (Phi) is 2.87. The molecule has 0 aromatic carbocycles. The number of amides is 1. The minimum absolute atomic E-state index is 0.157. The van der Waals surface area contributed by atoms with E-state index in [0.717, 1.165) is 25.7 Å². The molecule has 3 heteroatoms. The summed E-state index contributed by atoms with van der Waals surface area (Å²) in [6, 6.07) is 0.366. The standard InChI is InChI=1S/C11H18N2O/c12-9-6-7-10(14)13-11(9)8-4-2-1-3-5-8/h1-2,8-9,11H,3-7,12H2,(H,13,14)/t8-,9-,11+/m1/s1. The molecule has 1 aliphatic carbocycles. The highest BCUT2D eigenvalue weighted by Gasteiger charge is 2.31. The first-order chi connectivity index (χ1) is 6.77. The second kappa shape index (κ2) is 4.13. The highest BCUT2D eigenvalue weighted by molar-refractivity contribution is 5.77. The van der Waals surface area contributed by atoms with Gasteiger partial charge in [-0.25, -0.2) is 0 Å². The van der Waals surface area contributed by atoms with Crippen LogP contribution in [0.2, 0.25) is 0 Å². The van der Waals surface area contributed by atoms with Gasteiger partial charge in [-0.15, -0.1) is 0 Å². The first-order valence-electron chi connectivity index (χ1n) is 5.47. The molecule has 2 aliphatic rings. The molecule has 1 amide bonds. The summed E-state index contributed by atoms with van der Waals surface area (Å²) in [5.74, 6) is 0.727. The summed E-state index contributed by atoms with van der Waals surface area (Å²) in [6.45, 7) is 0. The van der Waals surface area contributed by atoms with Crippen molar-refractivity contribution < 1.29 is 4.79 Å². The van der Waals surface area contributed by atoms with Gasteiger partial charge in [-0.2, -0.15) is 0 Å². The summed E-state index contributed by atoms with van der Waals surface area (Å²) < 4.78 is 0. The molecule has 14 heavy (non-hydrogen) atoms. The molecular weight excluding hydrogens is 176 g/mol. The van der Waals surface area contributed by atoms with Gasteiger partial charge in [0.1, 0.15) is 0 Å². The van der Waals surface area contributed by atoms with Gasteiger partial charge in [-0.05, 0) is 31.6 Å². The molecule has 1 heterocycles. The maximum atomic E-state index is 11.3. The monoisotopic (exact) mass is 194 g/mol. The Bertz CT molecular complexity index is 250. The highest BCUT2D eigenvalue weighted by Crippen LogP contribution is 2.26. The number of carbonyl (C=O) groups is 1. The van der Waals surface area contributed by atoms with Crippen LogP contribution in [0.25, 0.3) is 0 Å². The minimum atomic E-state index is 0.157. The Morgan fingerprint density at radius 1 is 1.36 bits per heavy atom. The van der Waals surface area contributed by atoms with Gasteiger partial charge in [0, 0.05) is 18.5 Å².